The number of phenols is 1. The van der Waals surface area contributed by atoms with Crippen molar-refractivity contribution in [3.05, 3.63) is 53.1 Å². The lowest BCUT2D eigenvalue weighted by atomic mass is 10.2. The molecular weight excluding hydrogens is 286 g/mol. The summed E-state index contributed by atoms with van der Waals surface area (Å²) in [6, 6.07) is 10.5. The molecule has 0 unspecified atom stereocenters. The Labute approximate surface area is 116 Å². The number of sulfonamides is 1. The van der Waals surface area contributed by atoms with E-state index >= 15 is 0 Å². The molecule has 4 nitrogen and oxygen atoms in total. The maximum absolute atomic E-state index is 12.1. The van der Waals surface area contributed by atoms with Gasteiger partial charge in [-0.3, -0.25) is 4.72 Å². The van der Waals surface area contributed by atoms with Gasteiger partial charge in [-0.1, -0.05) is 17.7 Å². The van der Waals surface area contributed by atoms with E-state index in [1.165, 1.54) is 24.3 Å². The Morgan fingerprint density at radius 2 is 1.89 bits per heavy atom. The molecule has 19 heavy (non-hydrogen) atoms. The monoisotopic (exact) mass is 297 g/mol. The minimum atomic E-state index is -3.68. The van der Waals surface area contributed by atoms with Gasteiger partial charge in [-0.05, 0) is 48.9 Å². The molecule has 0 aliphatic heterocycles. The highest BCUT2D eigenvalue weighted by Gasteiger charge is 2.14. The number of anilines is 1. The summed E-state index contributed by atoms with van der Waals surface area (Å²) in [5.74, 6) is 0.116. The summed E-state index contributed by atoms with van der Waals surface area (Å²) >= 11 is 5.77. The Kier molecular flexibility index (Phi) is 3.68. The molecule has 0 radical (unpaired) electrons. The van der Waals surface area contributed by atoms with Crippen molar-refractivity contribution in [2.45, 2.75) is 11.8 Å². The molecule has 2 N–H and O–H groups in total. The summed E-state index contributed by atoms with van der Waals surface area (Å²) in [6.07, 6.45) is 0. The average molecular weight is 298 g/mol. The van der Waals surface area contributed by atoms with E-state index in [0.717, 1.165) is 0 Å². The molecule has 0 amide bonds. The standard InChI is InChI=1S/C13H12ClNO3S/c1-9-7-11(5-6-13(9)16)15-19(17,18)12-4-2-3-10(14)8-12/h2-8,15-16H,1H3. The Morgan fingerprint density at radius 3 is 2.53 bits per heavy atom. The number of aromatic hydroxyl groups is 1. The van der Waals surface area contributed by atoms with Gasteiger partial charge >= 0.3 is 0 Å². The fraction of sp³-hybridized carbons (Fsp3) is 0.0769. The molecule has 100 valence electrons. The van der Waals surface area contributed by atoms with E-state index in [1.807, 2.05) is 0 Å². The van der Waals surface area contributed by atoms with Crippen molar-refractivity contribution >= 4 is 27.3 Å². The van der Waals surface area contributed by atoms with Gasteiger partial charge in [0, 0.05) is 10.7 Å². The predicted octanol–water partition coefficient (Wildman–Crippen LogP) is 3.15. The fourth-order valence-electron chi connectivity index (χ4n) is 1.57. The quantitative estimate of drug-likeness (QED) is 0.855. The molecule has 2 aromatic carbocycles. The van der Waals surface area contributed by atoms with Crippen molar-refractivity contribution < 1.29 is 13.5 Å². The van der Waals surface area contributed by atoms with Crippen LogP contribution in [-0.2, 0) is 10.0 Å². The zero-order chi connectivity index (χ0) is 14.0. The van der Waals surface area contributed by atoms with Crippen LogP contribution in [0.3, 0.4) is 0 Å². The van der Waals surface area contributed by atoms with Crippen molar-refractivity contribution in [1.82, 2.24) is 0 Å². The molecule has 0 fully saturated rings. The van der Waals surface area contributed by atoms with Gasteiger partial charge in [0.2, 0.25) is 0 Å². The third-order valence-corrected chi connectivity index (χ3v) is 4.17. The highest BCUT2D eigenvalue weighted by molar-refractivity contribution is 7.92. The molecule has 0 heterocycles. The average Bonchev–Trinajstić information content (AvgIpc) is 2.33. The molecule has 6 heteroatoms. The van der Waals surface area contributed by atoms with Gasteiger partial charge in [0.25, 0.3) is 10.0 Å². The number of aryl methyl sites for hydroxylation is 1. The summed E-state index contributed by atoms with van der Waals surface area (Å²) < 4.78 is 26.7. The van der Waals surface area contributed by atoms with Gasteiger partial charge in [-0.2, -0.15) is 0 Å². The first-order valence-corrected chi connectivity index (χ1v) is 7.32. The Bertz CT molecular complexity index is 714. The molecule has 0 atom stereocenters. The molecule has 2 rings (SSSR count). The van der Waals surface area contributed by atoms with Crippen LogP contribution >= 0.6 is 11.6 Å². The zero-order valence-corrected chi connectivity index (χ0v) is 11.7. The van der Waals surface area contributed by atoms with E-state index in [9.17, 15) is 13.5 Å². The van der Waals surface area contributed by atoms with Crippen molar-refractivity contribution in [3.63, 3.8) is 0 Å². The van der Waals surface area contributed by atoms with Gasteiger partial charge in [-0.15, -0.1) is 0 Å². The summed E-state index contributed by atoms with van der Waals surface area (Å²) in [5, 5.41) is 9.75. The first kappa shape index (κ1) is 13.7. The van der Waals surface area contributed by atoms with Crippen LogP contribution in [0, 0.1) is 6.92 Å². The highest BCUT2D eigenvalue weighted by atomic mass is 35.5. The van der Waals surface area contributed by atoms with Gasteiger partial charge in [-0.25, -0.2) is 8.42 Å². The fourth-order valence-corrected chi connectivity index (χ4v) is 2.92. The van der Waals surface area contributed by atoms with Gasteiger partial charge in [0.15, 0.2) is 0 Å². The van der Waals surface area contributed by atoms with Crippen LogP contribution in [0.2, 0.25) is 5.02 Å². The Balaban J connectivity index is 2.33. The van der Waals surface area contributed by atoms with Crippen LogP contribution in [0.4, 0.5) is 5.69 Å². The molecule has 0 saturated heterocycles. The highest BCUT2D eigenvalue weighted by Crippen LogP contribution is 2.23. The van der Waals surface area contributed by atoms with E-state index in [2.05, 4.69) is 4.72 Å². The zero-order valence-electron chi connectivity index (χ0n) is 10.1. The van der Waals surface area contributed by atoms with Gasteiger partial charge < -0.3 is 5.11 Å². The Hall–Kier alpha value is -1.72. The summed E-state index contributed by atoms with van der Waals surface area (Å²) in [5.41, 5.74) is 0.974. The van der Waals surface area contributed by atoms with Crippen LogP contribution in [-0.4, -0.2) is 13.5 Å². The summed E-state index contributed by atoms with van der Waals surface area (Å²) in [7, 11) is -3.68. The second-order valence-corrected chi connectivity index (χ2v) is 6.18. The topological polar surface area (TPSA) is 66.4 Å². The largest absolute Gasteiger partial charge is 0.508 e. The Morgan fingerprint density at radius 1 is 1.16 bits per heavy atom. The SMILES string of the molecule is Cc1cc(NS(=O)(=O)c2cccc(Cl)c2)ccc1O. The van der Waals surface area contributed by atoms with Crippen LogP contribution < -0.4 is 4.72 Å². The molecular formula is C13H12ClNO3S. The van der Waals surface area contributed by atoms with Crippen molar-refractivity contribution in [3.8, 4) is 5.75 Å². The molecule has 0 spiro atoms. The van der Waals surface area contributed by atoms with Crippen LogP contribution in [0.5, 0.6) is 5.75 Å². The number of benzene rings is 2. The second kappa shape index (κ2) is 5.11. The van der Waals surface area contributed by atoms with Crippen LogP contribution in [0.15, 0.2) is 47.4 Å². The first-order valence-electron chi connectivity index (χ1n) is 5.46. The second-order valence-electron chi connectivity index (χ2n) is 4.06. The van der Waals surface area contributed by atoms with Crippen molar-refractivity contribution in [2.24, 2.45) is 0 Å². The first-order chi connectivity index (χ1) is 8.88. The molecule has 0 saturated carbocycles. The van der Waals surface area contributed by atoms with Gasteiger partial charge in [0.05, 0.1) is 4.90 Å². The lowest BCUT2D eigenvalue weighted by Gasteiger charge is -2.09. The van der Waals surface area contributed by atoms with E-state index in [1.54, 1.807) is 25.1 Å². The number of phenolic OH excluding ortho intramolecular Hbond substituents is 1. The maximum atomic E-state index is 12.1. The third kappa shape index (κ3) is 3.19. The molecule has 0 bridgehead atoms. The number of rotatable bonds is 3. The molecule has 0 aromatic heterocycles. The molecule has 2 aromatic rings. The van der Waals surface area contributed by atoms with Crippen molar-refractivity contribution in [1.29, 1.82) is 0 Å². The lowest BCUT2D eigenvalue weighted by Crippen LogP contribution is -2.12. The smallest absolute Gasteiger partial charge is 0.261 e. The predicted molar refractivity (Wildman–Crippen MR) is 75.1 cm³/mol. The minimum Gasteiger partial charge on any atom is -0.508 e. The van der Waals surface area contributed by atoms with Gasteiger partial charge in [0.1, 0.15) is 5.75 Å². The van der Waals surface area contributed by atoms with Crippen LogP contribution in [0.1, 0.15) is 5.56 Å². The number of halogens is 1. The minimum absolute atomic E-state index is 0.0886. The molecule has 0 aliphatic carbocycles. The van der Waals surface area contributed by atoms with Crippen molar-refractivity contribution in [2.75, 3.05) is 4.72 Å². The normalized spacial score (nSPS) is 11.3. The van der Waals surface area contributed by atoms with E-state index in [-0.39, 0.29) is 10.6 Å². The van der Waals surface area contributed by atoms with E-state index in [4.69, 9.17) is 11.6 Å². The maximum Gasteiger partial charge on any atom is 0.261 e. The number of hydrogen-bond donors (Lipinski definition) is 2. The number of hydrogen-bond acceptors (Lipinski definition) is 3. The third-order valence-electron chi connectivity index (χ3n) is 2.56. The summed E-state index contributed by atoms with van der Waals surface area (Å²) in [4.78, 5) is 0.0886. The van der Waals surface area contributed by atoms with E-state index in [0.29, 0.717) is 16.3 Å². The lowest BCUT2D eigenvalue weighted by molar-refractivity contribution is 0.471. The van der Waals surface area contributed by atoms with E-state index < -0.39 is 10.0 Å². The molecule has 0 aliphatic rings. The number of nitrogens with one attached hydrogen (secondary N) is 1. The summed E-state index contributed by atoms with van der Waals surface area (Å²) in [6.45, 7) is 1.69. The van der Waals surface area contributed by atoms with Crippen LogP contribution in [0.25, 0.3) is 0 Å².